The number of rotatable bonds is 5. The molecule has 2 fully saturated rings. The average Bonchev–Trinajstić information content (AvgIpc) is 2.49. The predicted octanol–water partition coefficient (Wildman–Crippen LogP) is 1.85. The largest absolute Gasteiger partial charge is 0.341 e. The Labute approximate surface area is 123 Å². The van der Waals surface area contributed by atoms with E-state index in [-0.39, 0.29) is 6.04 Å². The zero-order valence-electron chi connectivity index (χ0n) is 13.2. The topological polar surface area (TPSA) is 35.6 Å². The van der Waals surface area contributed by atoms with Gasteiger partial charge in [-0.25, -0.2) is 0 Å². The van der Waals surface area contributed by atoms with Gasteiger partial charge < -0.3 is 15.1 Å². The Hall–Kier alpha value is -0.610. The van der Waals surface area contributed by atoms with E-state index in [2.05, 4.69) is 17.3 Å². The number of carbonyl (C=O) groups excluding carboxylic acids is 1. The second-order valence-corrected chi connectivity index (χ2v) is 6.48. The van der Waals surface area contributed by atoms with Crippen LogP contribution >= 0.6 is 0 Å². The average molecular weight is 281 g/mol. The van der Waals surface area contributed by atoms with Gasteiger partial charge >= 0.3 is 0 Å². The summed E-state index contributed by atoms with van der Waals surface area (Å²) in [5, 5.41) is 3.43. The smallest absolute Gasteiger partial charge is 0.239 e. The van der Waals surface area contributed by atoms with Crippen molar-refractivity contribution in [2.24, 2.45) is 0 Å². The number of amides is 1. The number of hydrogen-bond acceptors (Lipinski definition) is 3. The third-order valence-corrected chi connectivity index (χ3v) is 4.89. The number of piperidine rings is 2. The van der Waals surface area contributed by atoms with Crippen molar-refractivity contribution in [2.75, 3.05) is 33.2 Å². The molecule has 1 N–H and O–H groups in total. The summed E-state index contributed by atoms with van der Waals surface area (Å²) in [4.78, 5) is 16.8. The van der Waals surface area contributed by atoms with Gasteiger partial charge in [-0.1, -0.05) is 6.42 Å². The van der Waals surface area contributed by atoms with Crippen LogP contribution in [0.2, 0.25) is 0 Å². The molecule has 2 aliphatic heterocycles. The Bertz CT molecular complexity index is 302. The van der Waals surface area contributed by atoms with Crippen LogP contribution in [0.3, 0.4) is 0 Å². The lowest BCUT2D eigenvalue weighted by Gasteiger charge is -2.33. The standard InChI is InChI=1S/C16H31N3O/c1-14(16(20)19-12-5-3-6-13-19)17-10-9-15-8-4-7-11-18(15)2/h14-15,17H,3-13H2,1-2H3. The summed E-state index contributed by atoms with van der Waals surface area (Å²) in [6.07, 6.45) is 8.79. The van der Waals surface area contributed by atoms with Gasteiger partial charge in [-0.05, 0) is 65.6 Å². The molecule has 20 heavy (non-hydrogen) atoms. The molecule has 0 saturated carbocycles. The van der Waals surface area contributed by atoms with Gasteiger partial charge in [-0.15, -0.1) is 0 Å². The molecule has 1 amide bonds. The summed E-state index contributed by atoms with van der Waals surface area (Å²) in [5.74, 6) is 0.293. The Balaban J connectivity index is 1.66. The van der Waals surface area contributed by atoms with E-state index < -0.39 is 0 Å². The fourth-order valence-electron chi connectivity index (χ4n) is 3.45. The van der Waals surface area contributed by atoms with Crippen molar-refractivity contribution in [3.63, 3.8) is 0 Å². The monoisotopic (exact) mass is 281 g/mol. The van der Waals surface area contributed by atoms with E-state index in [1.807, 2.05) is 11.8 Å². The van der Waals surface area contributed by atoms with Crippen LogP contribution in [0.15, 0.2) is 0 Å². The molecular formula is C16H31N3O. The molecule has 0 spiro atoms. The van der Waals surface area contributed by atoms with Gasteiger partial charge in [0.05, 0.1) is 6.04 Å². The highest BCUT2D eigenvalue weighted by Crippen LogP contribution is 2.17. The lowest BCUT2D eigenvalue weighted by Crippen LogP contribution is -2.48. The first-order chi connectivity index (χ1) is 9.68. The minimum atomic E-state index is -0.0259. The second kappa shape index (κ2) is 7.99. The molecule has 0 aromatic heterocycles. The van der Waals surface area contributed by atoms with E-state index in [1.165, 1.54) is 45.1 Å². The van der Waals surface area contributed by atoms with Gasteiger partial charge in [-0.3, -0.25) is 4.79 Å². The Kier molecular flexibility index (Phi) is 6.30. The molecule has 2 atom stereocenters. The zero-order chi connectivity index (χ0) is 14.4. The molecule has 0 aliphatic carbocycles. The van der Waals surface area contributed by atoms with Crippen LogP contribution in [-0.2, 0) is 4.79 Å². The van der Waals surface area contributed by atoms with Crippen LogP contribution in [0.1, 0.15) is 51.9 Å². The lowest BCUT2D eigenvalue weighted by atomic mass is 10.00. The first-order valence-electron chi connectivity index (χ1n) is 8.41. The van der Waals surface area contributed by atoms with Crippen LogP contribution in [0.25, 0.3) is 0 Å². The normalized spacial score (nSPS) is 26.5. The highest BCUT2D eigenvalue weighted by molar-refractivity contribution is 5.81. The van der Waals surface area contributed by atoms with E-state index in [9.17, 15) is 4.79 Å². The number of likely N-dealkylation sites (tertiary alicyclic amines) is 2. The number of nitrogens with zero attached hydrogens (tertiary/aromatic N) is 2. The van der Waals surface area contributed by atoms with E-state index in [0.29, 0.717) is 11.9 Å². The SMILES string of the molecule is CC(NCCC1CCCCN1C)C(=O)N1CCCCC1. The summed E-state index contributed by atoms with van der Waals surface area (Å²) in [6.45, 7) is 6.11. The number of nitrogens with one attached hydrogen (secondary N) is 1. The minimum absolute atomic E-state index is 0.0259. The number of hydrogen-bond donors (Lipinski definition) is 1. The van der Waals surface area contributed by atoms with Crippen LogP contribution < -0.4 is 5.32 Å². The highest BCUT2D eigenvalue weighted by Gasteiger charge is 2.23. The molecular weight excluding hydrogens is 250 g/mol. The molecule has 2 rings (SSSR count). The summed E-state index contributed by atoms with van der Waals surface area (Å²) >= 11 is 0. The molecule has 4 nitrogen and oxygen atoms in total. The van der Waals surface area contributed by atoms with Crippen LogP contribution in [0.5, 0.6) is 0 Å². The van der Waals surface area contributed by atoms with Gasteiger partial charge in [0.1, 0.15) is 0 Å². The van der Waals surface area contributed by atoms with Crippen LogP contribution in [0, 0.1) is 0 Å². The fraction of sp³-hybridized carbons (Fsp3) is 0.938. The summed E-state index contributed by atoms with van der Waals surface area (Å²) in [5.41, 5.74) is 0. The molecule has 2 aliphatic rings. The minimum Gasteiger partial charge on any atom is -0.341 e. The maximum absolute atomic E-state index is 12.3. The number of carbonyl (C=O) groups is 1. The van der Waals surface area contributed by atoms with E-state index >= 15 is 0 Å². The summed E-state index contributed by atoms with van der Waals surface area (Å²) in [6, 6.07) is 0.676. The van der Waals surface area contributed by atoms with Crippen molar-refractivity contribution < 1.29 is 4.79 Å². The maximum atomic E-state index is 12.3. The summed E-state index contributed by atoms with van der Waals surface area (Å²) < 4.78 is 0. The van der Waals surface area contributed by atoms with Gasteiger partial charge in [0.2, 0.25) is 5.91 Å². The van der Waals surface area contributed by atoms with Crippen molar-refractivity contribution in [1.82, 2.24) is 15.1 Å². The third-order valence-electron chi connectivity index (χ3n) is 4.89. The fourth-order valence-corrected chi connectivity index (χ4v) is 3.45. The quantitative estimate of drug-likeness (QED) is 0.835. The molecule has 0 aromatic rings. The zero-order valence-corrected chi connectivity index (χ0v) is 13.2. The van der Waals surface area contributed by atoms with Crippen molar-refractivity contribution in [3.05, 3.63) is 0 Å². The molecule has 2 heterocycles. The van der Waals surface area contributed by atoms with E-state index in [0.717, 1.165) is 26.1 Å². The van der Waals surface area contributed by atoms with Crippen LogP contribution in [0.4, 0.5) is 0 Å². The molecule has 0 radical (unpaired) electrons. The van der Waals surface area contributed by atoms with Crippen molar-refractivity contribution in [1.29, 1.82) is 0 Å². The Morgan fingerprint density at radius 3 is 2.55 bits per heavy atom. The van der Waals surface area contributed by atoms with Crippen molar-refractivity contribution >= 4 is 5.91 Å². The van der Waals surface area contributed by atoms with Crippen LogP contribution in [-0.4, -0.2) is 61.0 Å². The second-order valence-electron chi connectivity index (χ2n) is 6.48. The Morgan fingerprint density at radius 1 is 1.15 bits per heavy atom. The lowest BCUT2D eigenvalue weighted by molar-refractivity contribution is -0.133. The highest BCUT2D eigenvalue weighted by atomic mass is 16.2. The van der Waals surface area contributed by atoms with Gasteiger partial charge in [0, 0.05) is 19.1 Å². The molecule has 116 valence electrons. The molecule has 2 unspecified atom stereocenters. The van der Waals surface area contributed by atoms with Gasteiger partial charge in [-0.2, -0.15) is 0 Å². The summed E-state index contributed by atoms with van der Waals surface area (Å²) in [7, 11) is 2.23. The molecule has 2 saturated heterocycles. The molecule has 4 heteroatoms. The third kappa shape index (κ3) is 4.45. The first-order valence-corrected chi connectivity index (χ1v) is 8.41. The predicted molar refractivity (Wildman–Crippen MR) is 82.8 cm³/mol. The van der Waals surface area contributed by atoms with Gasteiger partial charge in [0.25, 0.3) is 0 Å². The van der Waals surface area contributed by atoms with Crippen molar-refractivity contribution in [2.45, 2.75) is 64.0 Å². The Morgan fingerprint density at radius 2 is 1.85 bits per heavy atom. The maximum Gasteiger partial charge on any atom is 0.239 e. The molecule has 0 bridgehead atoms. The van der Waals surface area contributed by atoms with E-state index in [1.54, 1.807) is 0 Å². The van der Waals surface area contributed by atoms with Gasteiger partial charge in [0.15, 0.2) is 0 Å². The van der Waals surface area contributed by atoms with Crippen molar-refractivity contribution in [3.8, 4) is 0 Å². The molecule has 0 aromatic carbocycles. The van der Waals surface area contributed by atoms with E-state index in [4.69, 9.17) is 0 Å². The first kappa shape index (κ1) is 15.8.